The van der Waals surface area contributed by atoms with Crippen molar-refractivity contribution in [1.29, 1.82) is 0 Å². The molecular formula is C11H11N3O3S. The number of carboxylic acid groups (broad SMARTS) is 1. The molecule has 3 N–H and O–H groups in total. The third-order valence-corrected chi connectivity index (χ3v) is 3.35. The summed E-state index contributed by atoms with van der Waals surface area (Å²) in [5.41, 5.74) is 1.14. The van der Waals surface area contributed by atoms with E-state index in [9.17, 15) is 9.59 Å². The van der Waals surface area contributed by atoms with Crippen molar-refractivity contribution in [2.75, 3.05) is 5.32 Å². The molecule has 0 bridgehead atoms. The van der Waals surface area contributed by atoms with E-state index in [1.165, 1.54) is 23.6 Å². The molecule has 0 unspecified atom stereocenters. The van der Waals surface area contributed by atoms with E-state index in [2.05, 4.69) is 15.5 Å². The number of rotatable bonds is 3. The van der Waals surface area contributed by atoms with Gasteiger partial charge in [0.05, 0.1) is 17.3 Å². The molecule has 1 amide bonds. The molecule has 0 spiro atoms. The molecule has 0 saturated carbocycles. The maximum atomic E-state index is 11.9. The van der Waals surface area contributed by atoms with E-state index < -0.39 is 5.97 Å². The number of carbonyl (C=O) groups is 2. The number of anilines is 1. The molecule has 0 aliphatic carbocycles. The Hall–Kier alpha value is -2.15. The Bertz CT molecular complexity index is 615. The van der Waals surface area contributed by atoms with Crippen molar-refractivity contribution < 1.29 is 14.7 Å². The minimum atomic E-state index is -1.06. The first-order valence-electron chi connectivity index (χ1n) is 5.14. The molecule has 2 rings (SSSR count). The van der Waals surface area contributed by atoms with Gasteiger partial charge in [0.15, 0.2) is 0 Å². The number of hydrogen-bond donors (Lipinski definition) is 3. The molecule has 0 aromatic carbocycles. The van der Waals surface area contributed by atoms with Crippen LogP contribution in [0.5, 0.6) is 0 Å². The van der Waals surface area contributed by atoms with Gasteiger partial charge in [0.2, 0.25) is 0 Å². The molecule has 0 aliphatic rings. The molecule has 0 saturated heterocycles. The van der Waals surface area contributed by atoms with Gasteiger partial charge in [-0.05, 0) is 19.9 Å². The number of thiophene rings is 1. The highest BCUT2D eigenvalue weighted by Gasteiger charge is 2.18. The van der Waals surface area contributed by atoms with Crippen molar-refractivity contribution in [3.8, 4) is 0 Å². The number of aromatic amines is 1. The van der Waals surface area contributed by atoms with Crippen LogP contribution in [0.1, 0.15) is 31.3 Å². The summed E-state index contributed by atoms with van der Waals surface area (Å²) in [6.07, 6.45) is 1.41. The molecule has 0 fully saturated rings. The Morgan fingerprint density at radius 2 is 2.11 bits per heavy atom. The van der Waals surface area contributed by atoms with Crippen molar-refractivity contribution in [2.24, 2.45) is 0 Å². The normalized spacial score (nSPS) is 10.3. The van der Waals surface area contributed by atoms with E-state index in [-0.39, 0.29) is 11.5 Å². The Morgan fingerprint density at radius 3 is 2.67 bits per heavy atom. The number of aromatic carboxylic acids is 1. The molecule has 94 valence electrons. The molecule has 2 heterocycles. The van der Waals surface area contributed by atoms with Gasteiger partial charge in [-0.3, -0.25) is 9.89 Å². The van der Waals surface area contributed by atoms with Gasteiger partial charge in [0.1, 0.15) is 5.00 Å². The Morgan fingerprint density at radius 1 is 1.39 bits per heavy atom. The number of H-pyrrole nitrogens is 1. The average molecular weight is 265 g/mol. The fraction of sp³-hybridized carbons (Fsp3) is 0.182. The van der Waals surface area contributed by atoms with E-state index in [1.54, 1.807) is 13.8 Å². The van der Waals surface area contributed by atoms with Crippen LogP contribution in [0, 0.1) is 13.8 Å². The smallest absolute Gasteiger partial charge is 0.338 e. The Balaban J connectivity index is 2.27. The lowest BCUT2D eigenvalue weighted by Gasteiger charge is -2.02. The minimum Gasteiger partial charge on any atom is -0.478 e. The number of aryl methyl sites for hydroxylation is 2. The standard InChI is InChI=1S/C11H11N3O3S/c1-5-3-7(11(16)17)10(18-5)13-9(15)8-4-12-14-6(8)2/h3-4H,1-2H3,(H,12,14)(H,13,15)(H,16,17). The molecule has 2 aromatic heterocycles. The molecule has 0 atom stereocenters. The van der Waals surface area contributed by atoms with Gasteiger partial charge in [-0.15, -0.1) is 11.3 Å². The van der Waals surface area contributed by atoms with Crippen molar-refractivity contribution >= 4 is 28.2 Å². The predicted molar refractivity (Wildman–Crippen MR) is 67.3 cm³/mol. The van der Waals surface area contributed by atoms with Crippen molar-refractivity contribution in [3.05, 3.63) is 34.0 Å². The highest BCUT2D eigenvalue weighted by Crippen LogP contribution is 2.28. The van der Waals surface area contributed by atoms with E-state index in [4.69, 9.17) is 5.11 Å². The van der Waals surface area contributed by atoms with Gasteiger partial charge >= 0.3 is 5.97 Å². The van der Waals surface area contributed by atoms with Gasteiger partial charge in [-0.25, -0.2) is 4.79 Å². The van der Waals surface area contributed by atoms with Gasteiger partial charge in [0.25, 0.3) is 5.91 Å². The van der Waals surface area contributed by atoms with Crippen LogP contribution in [0.3, 0.4) is 0 Å². The summed E-state index contributed by atoms with van der Waals surface area (Å²) >= 11 is 1.23. The molecule has 0 aliphatic heterocycles. The zero-order valence-electron chi connectivity index (χ0n) is 9.77. The molecular weight excluding hydrogens is 254 g/mol. The summed E-state index contributed by atoms with van der Waals surface area (Å²) in [6, 6.07) is 1.53. The summed E-state index contributed by atoms with van der Waals surface area (Å²) in [5.74, 6) is -1.43. The quantitative estimate of drug-likeness (QED) is 0.791. The van der Waals surface area contributed by atoms with Gasteiger partial charge < -0.3 is 10.4 Å². The molecule has 2 aromatic rings. The maximum absolute atomic E-state index is 11.9. The molecule has 7 heteroatoms. The van der Waals surface area contributed by atoms with E-state index in [0.29, 0.717) is 16.3 Å². The highest BCUT2D eigenvalue weighted by molar-refractivity contribution is 7.16. The zero-order valence-corrected chi connectivity index (χ0v) is 10.6. The number of nitrogens with zero attached hydrogens (tertiary/aromatic N) is 1. The third kappa shape index (κ3) is 2.25. The van der Waals surface area contributed by atoms with E-state index in [0.717, 1.165) is 4.88 Å². The van der Waals surface area contributed by atoms with Gasteiger partial charge in [-0.1, -0.05) is 0 Å². The molecule has 0 radical (unpaired) electrons. The summed E-state index contributed by atoms with van der Waals surface area (Å²) in [7, 11) is 0. The lowest BCUT2D eigenvalue weighted by molar-refractivity contribution is 0.0698. The maximum Gasteiger partial charge on any atom is 0.338 e. The second kappa shape index (κ2) is 4.61. The third-order valence-electron chi connectivity index (χ3n) is 2.39. The summed E-state index contributed by atoms with van der Waals surface area (Å²) in [4.78, 5) is 23.8. The predicted octanol–water partition coefficient (Wildman–Crippen LogP) is 2.04. The molecule has 18 heavy (non-hydrogen) atoms. The van der Waals surface area contributed by atoms with Crippen LogP contribution in [0.4, 0.5) is 5.00 Å². The second-order valence-corrected chi connectivity index (χ2v) is 5.02. The number of aromatic nitrogens is 2. The Kier molecular flexibility index (Phi) is 3.15. The lowest BCUT2D eigenvalue weighted by Crippen LogP contribution is -2.13. The van der Waals surface area contributed by atoms with Crippen LogP contribution in [-0.2, 0) is 0 Å². The van der Waals surface area contributed by atoms with Crippen LogP contribution in [-0.4, -0.2) is 27.2 Å². The second-order valence-electron chi connectivity index (χ2n) is 3.77. The number of hydrogen-bond acceptors (Lipinski definition) is 4. The zero-order chi connectivity index (χ0) is 13.3. The van der Waals surface area contributed by atoms with Crippen LogP contribution < -0.4 is 5.32 Å². The number of carboxylic acids is 1. The summed E-state index contributed by atoms with van der Waals surface area (Å²) in [5, 5.41) is 18.3. The van der Waals surface area contributed by atoms with Crippen LogP contribution in [0.15, 0.2) is 12.3 Å². The minimum absolute atomic E-state index is 0.104. The van der Waals surface area contributed by atoms with Gasteiger partial charge in [-0.2, -0.15) is 5.10 Å². The highest BCUT2D eigenvalue weighted by atomic mass is 32.1. The first-order valence-corrected chi connectivity index (χ1v) is 5.95. The fourth-order valence-corrected chi connectivity index (χ4v) is 2.41. The topological polar surface area (TPSA) is 95.1 Å². The number of amides is 1. The van der Waals surface area contributed by atoms with Crippen LogP contribution >= 0.6 is 11.3 Å². The summed E-state index contributed by atoms with van der Waals surface area (Å²) in [6.45, 7) is 3.51. The van der Waals surface area contributed by atoms with E-state index >= 15 is 0 Å². The Labute approximate surface area is 107 Å². The average Bonchev–Trinajstić information content (AvgIpc) is 2.84. The fourth-order valence-electron chi connectivity index (χ4n) is 1.52. The SMILES string of the molecule is Cc1cc(C(=O)O)c(NC(=O)c2cn[nH]c2C)s1. The first kappa shape index (κ1) is 12.3. The summed E-state index contributed by atoms with van der Waals surface area (Å²) < 4.78 is 0. The van der Waals surface area contributed by atoms with E-state index in [1.807, 2.05) is 0 Å². The monoisotopic (exact) mass is 265 g/mol. The number of nitrogens with one attached hydrogen (secondary N) is 2. The van der Waals surface area contributed by atoms with Crippen LogP contribution in [0.25, 0.3) is 0 Å². The van der Waals surface area contributed by atoms with Crippen molar-refractivity contribution in [2.45, 2.75) is 13.8 Å². The van der Waals surface area contributed by atoms with Crippen LogP contribution in [0.2, 0.25) is 0 Å². The largest absolute Gasteiger partial charge is 0.478 e. The molecule has 6 nitrogen and oxygen atoms in total. The number of carbonyl (C=O) groups excluding carboxylic acids is 1. The lowest BCUT2D eigenvalue weighted by atomic mass is 10.2. The van der Waals surface area contributed by atoms with Crippen molar-refractivity contribution in [3.63, 3.8) is 0 Å². The first-order chi connectivity index (χ1) is 8.49. The van der Waals surface area contributed by atoms with Gasteiger partial charge in [0, 0.05) is 10.6 Å². The van der Waals surface area contributed by atoms with Crippen molar-refractivity contribution in [1.82, 2.24) is 10.2 Å².